The molecule has 38 heavy (non-hydrogen) atoms. The number of anilines is 1. The van der Waals surface area contributed by atoms with Gasteiger partial charge in [0.2, 0.25) is 5.95 Å². The van der Waals surface area contributed by atoms with E-state index >= 15 is 0 Å². The van der Waals surface area contributed by atoms with Crippen molar-refractivity contribution < 1.29 is 0 Å². The van der Waals surface area contributed by atoms with Crippen LogP contribution in [0.3, 0.4) is 0 Å². The number of piperazine rings is 1. The highest BCUT2D eigenvalue weighted by Crippen LogP contribution is 2.36. The average molecular weight is 519 g/mol. The second kappa shape index (κ2) is 14.6. The SMILES string of the molecule is CCC.CCC(CC)CNc1ncc2c(-c3ccc(CN4CCNCC4)cc3)cn(C3CCCCC3)c2n1. The summed E-state index contributed by atoms with van der Waals surface area (Å²) < 4.78 is 2.46. The second-order valence-corrected chi connectivity index (χ2v) is 11.2. The number of nitrogens with zero attached hydrogens (tertiary/aromatic N) is 4. The standard InChI is InChI=1S/C29H42N6.C3H8/c1-3-22(4-2)18-31-29-32-19-26-27(21-35(28(26)33-29)25-8-6-5-7-9-25)24-12-10-23(11-13-24)20-34-16-14-30-15-17-34;1-3-2/h10-13,19,21-22,25,30H,3-9,14-18,20H2,1-2H3,(H,31,32,33);3H2,1-2H3. The van der Waals surface area contributed by atoms with Crippen molar-refractivity contribution in [2.45, 2.75) is 91.6 Å². The highest BCUT2D eigenvalue weighted by atomic mass is 15.2. The molecule has 3 heterocycles. The van der Waals surface area contributed by atoms with Gasteiger partial charge in [0.05, 0.1) is 0 Å². The van der Waals surface area contributed by atoms with E-state index in [2.05, 4.69) is 78.3 Å². The molecule has 0 amide bonds. The van der Waals surface area contributed by atoms with Gasteiger partial charge in [-0.05, 0) is 29.9 Å². The zero-order valence-electron chi connectivity index (χ0n) is 24.3. The minimum atomic E-state index is 0.536. The maximum absolute atomic E-state index is 5.06. The predicted molar refractivity (Wildman–Crippen MR) is 162 cm³/mol. The number of aromatic nitrogens is 3. The van der Waals surface area contributed by atoms with E-state index in [1.165, 1.54) is 73.4 Å². The summed E-state index contributed by atoms with van der Waals surface area (Å²) >= 11 is 0. The molecule has 208 valence electrons. The Bertz CT molecular complexity index is 1090. The fraction of sp³-hybridized carbons (Fsp3) is 0.625. The molecule has 0 unspecified atom stereocenters. The van der Waals surface area contributed by atoms with E-state index in [-0.39, 0.29) is 0 Å². The lowest BCUT2D eigenvalue weighted by Crippen LogP contribution is -2.42. The van der Waals surface area contributed by atoms with Crippen LogP contribution in [0.2, 0.25) is 0 Å². The first-order valence-corrected chi connectivity index (χ1v) is 15.3. The lowest BCUT2D eigenvalue weighted by molar-refractivity contribution is 0.233. The Kier molecular flexibility index (Phi) is 11.0. The van der Waals surface area contributed by atoms with Crippen LogP contribution >= 0.6 is 0 Å². The van der Waals surface area contributed by atoms with Gasteiger partial charge in [0, 0.05) is 68.7 Å². The molecule has 1 aliphatic heterocycles. The Morgan fingerprint density at radius 2 is 1.66 bits per heavy atom. The van der Waals surface area contributed by atoms with Crippen LogP contribution in [0.4, 0.5) is 5.95 Å². The Balaban J connectivity index is 0.00000107. The number of fused-ring (bicyclic) bond motifs is 1. The molecule has 2 aliphatic rings. The van der Waals surface area contributed by atoms with E-state index in [1.807, 2.05) is 6.20 Å². The zero-order chi connectivity index (χ0) is 26.7. The van der Waals surface area contributed by atoms with Gasteiger partial charge in [-0.15, -0.1) is 0 Å². The quantitative estimate of drug-likeness (QED) is 0.312. The summed E-state index contributed by atoms with van der Waals surface area (Å²) in [7, 11) is 0. The van der Waals surface area contributed by atoms with Gasteiger partial charge in [-0.1, -0.05) is 90.5 Å². The molecule has 2 aromatic heterocycles. The molecule has 0 bridgehead atoms. The molecule has 1 saturated carbocycles. The number of rotatable bonds is 9. The first-order chi connectivity index (χ1) is 18.7. The Morgan fingerprint density at radius 3 is 2.32 bits per heavy atom. The number of benzene rings is 1. The molecule has 0 spiro atoms. The fourth-order valence-electron chi connectivity index (χ4n) is 5.71. The number of hydrogen-bond donors (Lipinski definition) is 2. The molecule has 1 saturated heterocycles. The van der Waals surface area contributed by atoms with Crippen LogP contribution in [0.5, 0.6) is 0 Å². The van der Waals surface area contributed by atoms with Crippen molar-refractivity contribution in [3.8, 4) is 11.1 Å². The maximum atomic E-state index is 5.06. The lowest BCUT2D eigenvalue weighted by Gasteiger charge is -2.27. The second-order valence-electron chi connectivity index (χ2n) is 11.2. The zero-order valence-corrected chi connectivity index (χ0v) is 24.3. The Labute approximate surface area is 230 Å². The highest BCUT2D eigenvalue weighted by Gasteiger charge is 2.21. The number of nitrogens with one attached hydrogen (secondary N) is 2. The molecular weight excluding hydrogens is 468 g/mol. The summed E-state index contributed by atoms with van der Waals surface area (Å²) in [4.78, 5) is 12.3. The van der Waals surface area contributed by atoms with E-state index < -0.39 is 0 Å². The van der Waals surface area contributed by atoms with Gasteiger partial charge in [0.15, 0.2) is 0 Å². The van der Waals surface area contributed by atoms with E-state index in [0.717, 1.165) is 50.9 Å². The van der Waals surface area contributed by atoms with E-state index in [1.54, 1.807) is 0 Å². The van der Waals surface area contributed by atoms with Crippen LogP contribution in [-0.2, 0) is 6.54 Å². The van der Waals surface area contributed by atoms with E-state index in [9.17, 15) is 0 Å². The predicted octanol–water partition coefficient (Wildman–Crippen LogP) is 7.27. The topological polar surface area (TPSA) is 58.0 Å². The van der Waals surface area contributed by atoms with Crippen LogP contribution in [0.25, 0.3) is 22.2 Å². The fourth-order valence-corrected chi connectivity index (χ4v) is 5.71. The Hall–Kier alpha value is -2.44. The van der Waals surface area contributed by atoms with Crippen LogP contribution < -0.4 is 10.6 Å². The molecule has 1 aliphatic carbocycles. The van der Waals surface area contributed by atoms with Crippen LogP contribution in [0.1, 0.15) is 90.7 Å². The van der Waals surface area contributed by atoms with Crippen LogP contribution in [0.15, 0.2) is 36.7 Å². The van der Waals surface area contributed by atoms with Gasteiger partial charge in [0.25, 0.3) is 0 Å². The van der Waals surface area contributed by atoms with Crippen molar-refractivity contribution in [1.29, 1.82) is 0 Å². The van der Waals surface area contributed by atoms with Gasteiger partial charge in [-0.25, -0.2) is 4.98 Å². The van der Waals surface area contributed by atoms with Gasteiger partial charge in [0.1, 0.15) is 5.65 Å². The molecule has 3 aromatic rings. The first-order valence-electron chi connectivity index (χ1n) is 15.3. The summed E-state index contributed by atoms with van der Waals surface area (Å²) in [5.41, 5.74) is 4.98. The van der Waals surface area contributed by atoms with Gasteiger partial charge in [-0.2, -0.15) is 4.98 Å². The molecule has 5 rings (SSSR count). The third-order valence-corrected chi connectivity index (χ3v) is 8.12. The third kappa shape index (κ3) is 7.35. The van der Waals surface area contributed by atoms with E-state index in [4.69, 9.17) is 9.97 Å². The molecule has 2 N–H and O–H groups in total. The summed E-state index contributed by atoms with van der Waals surface area (Å²) in [5, 5.41) is 8.12. The third-order valence-electron chi connectivity index (χ3n) is 8.12. The molecule has 0 radical (unpaired) electrons. The van der Waals surface area contributed by atoms with Crippen molar-refractivity contribution >= 4 is 17.0 Å². The average Bonchev–Trinajstić information content (AvgIpc) is 3.34. The molecule has 6 heteroatoms. The summed E-state index contributed by atoms with van der Waals surface area (Å²) in [5.74, 6) is 1.42. The normalized spacial score (nSPS) is 17.0. The van der Waals surface area contributed by atoms with Crippen LogP contribution in [0, 0.1) is 5.92 Å². The lowest BCUT2D eigenvalue weighted by atomic mass is 9.95. The molecule has 2 fully saturated rings. The van der Waals surface area contributed by atoms with Crippen molar-refractivity contribution in [3.05, 3.63) is 42.2 Å². The molecule has 0 atom stereocenters. The molecule has 6 nitrogen and oxygen atoms in total. The smallest absolute Gasteiger partial charge is 0.224 e. The van der Waals surface area contributed by atoms with Gasteiger partial charge < -0.3 is 15.2 Å². The highest BCUT2D eigenvalue weighted by molar-refractivity contribution is 5.94. The summed E-state index contributed by atoms with van der Waals surface area (Å²) in [6.07, 6.45) is 14.5. The summed E-state index contributed by atoms with van der Waals surface area (Å²) in [6.45, 7) is 15.2. The first kappa shape index (κ1) is 28.6. The van der Waals surface area contributed by atoms with Gasteiger partial charge in [-0.3, -0.25) is 4.90 Å². The monoisotopic (exact) mass is 518 g/mol. The largest absolute Gasteiger partial charge is 0.354 e. The molecular formula is C32H50N6. The van der Waals surface area contributed by atoms with Crippen molar-refractivity contribution in [2.24, 2.45) is 5.92 Å². The van der Waals surface area contributed by atoms with E-state index in [0.29, 0.717) is 12.0 Å². The van der Waals surface area contributed by atoms with Crippen molar-refractivity contribution in [2.75, 3.05) is 38.0 Å². The Morgan fingerprint density at radius 1 is 0.974 bits per heavy atom. The van der Waals surface area contributed by atoms with Gasteiger partial charge >= 0.3 is 0 Å². The van der Waals surface area contributed by atoms with Crippen LogP contribution in [-0.4, -0.2) is 52.2 Å². The summed E-state index contributed by atoms with van der Waals surface area (Å²) in [6, 6.07) is 9.71. The van der Waals surface area contributed by atoms with Crippen molar-refractivity contribution in [3.63, 3.8) is 0 Å². The minimum Gasteiger partial charge on any atom is -0.354 e. The maximum Gasteiger partial charge on any atom is 0.224 e. The molecule has 1 aromatic carbocycles. The van der Waals surface area contributed by atoms with Crippen molar-refractivity contribution in [1.82, 2.24) is 24.8 Å². The minimum absolute atomic E-state index is 0.536. The number of hydrogen-bond acceptors (Lipinski definition) is 5.